The van der Waals surface area contributed by atoms with E-state index in [0.29, 0.717) is 10.7 Å². The Hall–Kier alpha value is -3.37. The van der Waals surface area contributed by atoms with Crippen LogP contribution < -0.4 is 15.8 Å². The van der Waals surface area contributed by atoms with E-state index in [1.54, 1.807) is 31.2 Å². The maximum absolute atomic E-state index is 12.9. The molecule has 2 heterocycles. The molecule has 1 atom stereocenters. The number of aromatic nitrogens is 2. The first-order valence-corrected chi connectivity index (χ1v) is 10.8. The Morgan fingerprint density at radius 1 is 1.21 bits per heavy atom. The van der Waals surface area contributed by atoms with E-state index in [9.17, 15) is 18.0 Å². The van der Waals surface area contributed by atoms with Crippen LogP contribution in [0.2, 0.25) is 5.15 Å². The van der Waals surface area contributed by atoms with Gasteiger partial charge in [0.25, 0.3) is 5.91 Å². The van der Waals surface area contributed by atoms with Crippen LogP contribution in [0.1, 0.15) is 28.9 Å². The van der Waals surface area contributed by atoms with Crippen molar-refractivity contribution in [1.29, 1.82) is 0 Å². The van der Waals surface area contributed by atoms with Gasteiger partial charge in [0, 0.05) is 17.3 Å². The quantitative estimate of drug-likeness (QED) is 0.334. The highest BCUT2D eigenvalue weighted by Gasteiger charge is 2.32. The molecule has 4 rings (SSSR count). The molecule has 33 heavy (non-hydrogen) atoms. The molecule has 0 aliphatic carbocycles. The minimum atomic E-state index is -4.85. The fourth-order valence-electron chi connectivity index (χ4n) is 3.30. The van der Waals surface area contributed by atoms with Gasteiger partial charge in [0.1, 0.15) is 10.9 Å². The molecule has 0 aliphatic rings. The number of benzene rings is 2. The average molecular weight is 493 g/mol. The Bertz CT molecular complexity index is 1340. The van der Waals surface area contributed by atoms with Gasteiger partial charge in [-0.15, -0.1) is 13.2 Å². The number of nitrogens with one attached hydrogen (secondary N) is 1. The zero-order valence-corrected chi connectivity index (χ0v) is 18.6. The Balaban J connectivity index is 1.59. The zero-order valence-electron chi connectivity index (χ0n) is 17.0. The van der Waals surface area contributed by atoms with Crippen LogP contribution in [0.3, 0.4) is 0 Å². The Labute approximate surface area is 195 Å². The van der Waals surface area contributed by atoms with Gasteiger partial charge in [-0.1, -0.05) is 47.2 Å². The number of fused-ring (bicyclic) bond motifs is 1. The number of ether oxygens (including phenoxy) is 1. The normalized spacial score (nSPS) is 12.5. The van der Waals surface area contributed by atoms with Crippen molar-refractivity contribution in [3.63, 3.8) is 0 Å². The second-order valence-corrected chi connectivity index (χ2v) is 8.50. The highest BCUT2D eigenvalue weighted by Crippen LogP contribution is 2.33. The van der Waals surface area contributed by atoms with Crippen molar-refractivity contribution in [2.24, 2.45) is 0 Å². The summed E-state index contributed by atoms with van der Waals surface area (Å²) in [5, 5.41) is 3.30. The third kappa shape index (κ3) is 5.18. The largest absolute Gasteiger partial charge is 0.573 e. The van der Waals surface area contributed by atoms with Crippen molar-refractivity contribution in [3.8, 4) is 16.9 Å². The summed E-state index contributed by atoms with van der Waals surface area (Å²) in [4.78, 5) is 21.2. The summed E-state index contributed by atoms with van der Waals surface area (Å²) in [6, 6.07) is 11.9. The lowest BCUT2D eigenvalue weighted by molar-refractivity contribution is -0.275. The van der Waals surface area contributed by atoms with Gasteiger partial charge < -0.3 is 15.8 Å². The summed E-state index contributed by atoms with van der Waals surface area (Å²) in [5.74, 6) is -0.914. The topological polar surface area (TPSA) is 90.1 Å². The molecule has 0 aliphatic heterocycles. The first-order chi connectivity index (χ1) is 15.6. The lowest BCUT2D eigenvalue weighted by Crippen LogP contribution is -2.28. The molecule has 1 unspecified atom stereocenters. The summed E-state index contributed by atoms with van der Waals surface area (Å²) in [7, 11) is 0. The molecule has 170 valence electrons. The highest BCUT2D eigenvalue weighted by atomic mass is 35.5. The van der Waals surface area contributed by atoms with Gasteiger partial charge >= 0.3 is 6.36 Å². The lowest BCUT2D eigenvalue weighted by atomic mass is 10.0. The molecule has 6 nitrogen and oxygen atoms in total. The smallest absolute Gasteiger partial charge is 0.405 e. The van der Waals surface area contributed by atoms with Gasteiger partial charge in [-0.05, 0) is 36.8 Å². The number of nitrogens with zero attached hydrogens (tertiary/aromatic N) is 2. The minimum Gasteiger partial charge on any atom is -0.405 e. The molecule has 3 N–H and O–H groups in total. The molecule has 2 aromatic heterocycles. The highest BCUT2D eigenvalue weighted by molar-refractivity contribution is 7.22. The number of pyridine rings is 1. The summed E-state index contributed by atoms with van der Waals surface area (Å²) >= 11 is 7.59. The van der Waals surface area contributed by atoms with Gasteiger partial charge in [0.05, 0.1) is 21.8 Å². The van der Waals surface area contributed by atoms with E-state index in [1.807, 2.05) is 6.07 Å². The lowest BCUT2D eigenvalue weighted by Gasteiger charge is -2.19. The van der Waals surface area contributed by atoms with Gasteiger partial charge in [-0.25, -0.2) is 9.97 Å². The molecule has 2 aromatic carbocycles. The van der Waals surface area contributed by atoms with Crippen LogP contribution >= 0.6 is 22.9 Å². The molecular formula is C22H16ClF3N4O2S. The van der Waals surface area contributed by atoms with Crippen molar-refractivity contribution < 1.29 is 22.7 Å². The van der Waals surface area contributed by atoms with Crippen molar-refractivity contribution >= 4 is 44.2 Å². The number of para-hydroxylation sites is 1. The van der Waals surface area contributed by atoms with Gasteiger partial charge in [-0.2, -0.15) is 0 Å². The van der Waals surface area contributed by atoms with E-state index in [-0.39, 0.29) is 22.0 Å². The van der Waals surface area contributed by atoms with E-state index in [2.05, 4.69) is 20.0 Å². The molecular weight excluding hydrogens is 477 g/mol. The van der Waals surface area contributed by atoms with E-state index in [1.165, 1.54) is 35.7 Å². The second kappa shape index (κ2) is 8.87. The summed E-state index contributed by atoms with van der Waals surface area (Å²) in [5.41, 5.74) is 8.11. The van der Waals surface area contributed by atoms with Crippen molar-refractivity contribution in [2.75, 3.05) is 5.73 Å². The number of alkyl halides is 3. The SMILES string of the molecule is CC(NC(=O)c1cnc(Cl)c(-c2ccc3nc(N)sc3c2)c1)c1ccccc1OC(F)(F)F. The average Bonchev–Trinajstić information content (AvgIpc) is 3.12. The summed E-state index contributed by atoms with van der Waals surface area (Å²) in [6.45, 7) is 1.56. The predicted molar refractivity (Wildman–Crippen MR) is 121 cm³/mol. The molecule has 0 fully saturated rings. The van der Waals surface area contributed by atoms with Crippen LogP contribution in [0.15, 0.2) is 54.7 Å². The van der Waals surface area contributed by atoms with Crippen molar-refractivity contribution in [2.45, 2.75) is 19.3 Å². The molecule has 11 heteroatoms. The second-order valence-electron chi connectivity index (χ2n) is 7.08. The molecule has 0 radical (unpaired) electrons. The summed E-state index contributed by atoms with van der Waals surface area (Å²) < 4.78 is 43.1. The third-order valence-electron chi connectivity index (χ3n) is 4.78. The fourth-order valence-corrected chi connectivity index (χ4v) is 4.28. The maximum Gasteiger partial charge on any atom is 0.573 e. The number of thiazole rings is 1. The van der Waals surface area contributed by atoms with E-state index >= 15 is 0 Å². The first kappa shape index (κ1) is 22.8. The molecule has 4 aromatic rings. The van der Waals surface area contributed by atoms with Crippen LogP contribution in [-0.4, -0.2) is 22.2 Å². The number of carbonyl (C=O) groups is 1. The van der Waals surface area contributed by atoms with Crippen molar-refractivity contribution in [1.82, 2.24) is 15.3 Å². The maximum atomic E-state index is 12.9. The number of carbonyl (C=O) groups excluding carboxylic acids is 1. The van der Waals surface area contributed by atoms with Gasteiger partial charge in [-0.3, -0.25) is 4.79 Å². The van der Waals surface area contributed by atoms with Crippen LogP contribution in [0.5, 0.6) is 5.75 Å². The van der Waals surface area contributed by atoms with Gasteiger partial charge in [0.2, 0.25) is 0 Å². The first-order valence-electron chi connectivity index (χ1n) is 9.58. The third-order valence-corrected chi connectivity index (χ3v) is 5.92. The Morgan fingerprint density at radius 3 is 2.73 bits per heavy atom. The van der Waals surface area contributed by atoms with Crippen LogP contribution in [0.4, 0.5) is 18.3 Å². The zero-order chi connectivity index (χ0) is 23.8. The molecule has 0 spiro atoms. The van der Waals surface area contributed by atoms with Crippen LogP contribution in [-0.2, 0) is 0 Å². The monoisotopic (exact) mass is 492 g/mol. The van der Waals surface area contributed by atoms with E-state index in [0.717, 1.165) is 15.8 Å². The van der Waals surface area contributed by atoms with Gasteiger partial charge in [0.15, 0.2) is 5.13 Å². The molecule has 0 bridgehead atoms. The summed E-state index contributed by atoms with van der Waals surface area (Å²) in [6.07, 6.45) is -3.55. The number of nitrogen functional groups attached to an aromatic ring is 1. The van der Waals surface area contributed by atoms with Crippen molar-refractivity contribution in [3.05, 3.63) is 71.0 Å². The molecule has 1 amide bonds. The Morgan fingerprint density at radius 2 is 1.97 bits per heavy atom. The number of anilines is 1. The number of hydrogen-bond donors (Lipinski definition) is 2. The Kier molecular flexibility index (Phi) is 6.13. The predicted octanol–water partition coefficient (Wildman–Crippen LogP) is 5.98. The van der Waals surface area contributed by atoms with Crippen LogP contribution in [0, 0.1) is 0 Å². The number of nitrogens with two attached hydrogens (primary N) is 1. The van der Waals surface area contributed by atoms with Crippen LogP contribution in [0.25, 0.3) is 21.3 Å². The fraction of sp³-hybridized carbons (Fsp3) is 0.136. The van der Waals surface area contributed by atoms with E-state index in [4.69, 9.17) is 17.3 Å². The molecule has 0 saturated carbocycles. The number of halogens is 4. The van der Waals surface area contributed by atoms with E-state index < -0.39 is 18.3 Å². The number of rotatable bonds is 5. The number of hydrogen-bond acceptors (Lipinski definition) is 6. The molecule has 0 saturated heterocycles. The minimum absolute atomic E-state index is 0.179. The standard InChI is InChI=1S/C22H16ClF3N4O2S/c1-11(14-4-2-3-5-17(14)32-22(24,25)26)29-20(31)13-8-15(19(23)28-10-13)12-6-7-16-18(9-12)33-21(27)30-16/h2-11H,1H3,(H2,27,30)(H,29,31). The number of amides is 1.